The van der Waals surface area contributed by atoms with Gasteiger partial charge in [0.2, 0.25) is 0 Å². The minimum Gasteiger partial charge on any atom is -0.286 e. The number of hydrogen-bond donors (Lipinski definition) is 3. The first-order valence-electron chi connectivity index (χ1n) is 9.87. The standard InChI is InChI=1S/C23H22N6OS/c1-2-27-31(30)19-7-3-5-18(15-19)21-10-11-22(24)29(28-21)23(25)14-16-8-9-20-17(13-16)6-4-12-26-20/h3-13,15,24-25,27H,2,14H2,1H3. The Labute approximate surface area is 182 Å². The van der Waals surface area contributed by atoms with Crippen LogP contribution in [0.4, 0.5) is 0 Å². The number of rotatable bonds is 6. The lowest BCUT2D eigenvalue weighted by atomic mass is 10.1. The van der Waals surface area contributed by atoms with E-state index >= 15 is 0 Å². The molecular formula is C23H22N6OS. The van der Waals surface area contributed by atoms with Crippen LogP contribution in [0.1, 0.15) is 12.5 Å². The molecule has 0 fully saturated rings. The van der Waals surface area contributed by atoms with Gasteiger partial charge in [-0.2, -0.15) is 5.10 Å². The van der Waals surface area contributed by atoms with E-state index in [1.165, 1.54) is 4.68 Å². The van der Waals surface area contributed by atoms with Gasteiger partial charge in [-0.05, 0) is 48.0 Å². The van der Waals surface area contributed by atoms with E-state index in [4.69, 9.17) is 10.8 Å². The monoisotopic (exact) mass is 430 g/mol. The highest BCUT2D eigenvalue weighted by atomic mass is 32.2. The predicted molar refractivity (Wildman–Crippen MR) is 122 cm³/mol. The molecule has 0 bridgehead atoms. The lowest BCUT2D eigenvalue weighted by Crippen LogP contribution is -2.30. The van der Waals surface area contributed by atoms with Gasteiger partial charge in [0, 0.05) is 30.1 Å². The van der Waals surface area contributed by atoms with Gasteiger partial charge >= 0.3 is 0 Å². The number of nitrogens with zero attached hydrogens (tertiary/aromatic N) is 3. The predicted octanol–water partition coefficient (Wildman–Crippen LogP) is 3.28. The Kier molecular flexibility index (Phi) is 6.11. The molecule has 1 atom stereocenters. The van der Waals surface area contributed by atoms with E-state index in [-0.39, 0.29) is 11.3 Å². The van der Waals surface area contributed by atoms with Crippen molar-refractivity contribution < 1.29 is 4.21 Å². The first kappa shape index (κ1) is 20.8. The van der Waals surface area contributed by atoms with Crippen molar-refractivity contribution in [2.24, 2.45) is 0 Å². The lowest BCUT2D eigenvalue weighted by molar-refractivity contribution is 0.674. The molecule has 8 heteroatoms. The van der Waals surface area contributed by atoms with Crippen LogP contribution in [0.2, 0.25) is 0 Å². The molecule has 31 heavy (non-hydrogen) atoms. The molecule has 0 saturated carbocycles. The van der Waals surface area contributed by atoms with Crippen molar-refractivity contribution in [3.8, 4) is 11.3 Å². The smallest absolute Gasteiger partial charge is 0.148 e. The Morgan fingerprint density at radius 1 is 1.10 bits per heavy atom. The highest BCUT2D eigenvalue weighted by Crippen LogP contribution is 2.19. The zero-order valence-corrected chi connectivity index (χ0v) is 17.8. The summed E-state index contributed by atoms with van der Waals surface area (Å²) in [6, 6.07) is 20.4. The van der Waals surface area contributed by atoms with Gasteiger partial charge in [-0.1, -0.05) is 31.2 Å². The maximum Gasteiger partial charge on any atom is 0.148 e. The Bertz CT molecular complexity index is 1350. The van der Waals surface area contributed by atoms with Crippen LogP contribution in [-0.2, 0) is 17.4 Å². The summed E-state index contributed by atoms with van der Waals surface area (Å²) in [5.74, 6) is 0.197. The van der Waals surface area contributed by atoms with Gasteiger partial charge in [-0.25, -0.2) is 13.6 Å². The molecule has 4 rings (SSSR count). The summed E-state index contributed by atoms with van der Waals surface area (Å²) in [7, 11) is -1.29. The summed E-state index contributed by atoms with van der Waals surface area (Å²) in [5.41, 5.74) is 3.37. The van der Waals surface area contributed by atoms with Gasteiger partial charge in [0.1, 0.15) is 22.3 Å². The molecule has 4 aromatic rings. The van der Waals surface area contributed by atoms with Crippen LogP contribution in [0, 0.1) is 10.8 Å². The number of nitrogens with one attached hydrogen (secondary N) is 3. The Hall–Kier alpha value is -3.49. The molecule has 2 heterocycles. The first-order valence-corrected chi connectivity index (χ1v) is 11.0. The van der Waals surface area contributed by atoms with Crippen LogP contribution in [0.3, 0.4) is 0 Å². The van der Waals surface area contributed by atoms with Crippen molar-refractivity contribution in [1.82, 2.24) is 19.5 Å². The summed E-state index contributed by atoms with van der Waals surface area (Å²) in [6.07, 6.45) is 2.09. The molecule has 1 unspecified atom stereocenters. The van der Waals surface area contributed by atoms with Gasteiger partial charge in [0.15, 0.2) is 0 Å². The summed E-state index contributed by atoms with van der Waals surface area (Å²) >= 11 is 0. The summed E-state index contributed by atoms with van der Waals surface area (Å²) in [4.78, 5) is 4.98. The van der Waals surface area contributed by atoms with Gasteiger partial charge < -0.3 is 0 Å². The Balaban J connectivity index is 1.63. The zero-order valence-electron chi connectivity index (χ0n) is 17.0. The van der Waals surface area contributed by atoms with E-state index in [0.717, 1.165) is 22.0 Å². The molecule has 3 N–H and O–H groups in total. The van der Waals surface area contributed by atoms with Crippen LogP contribution >= 0.6 is 0 Å². The van der Waals surface area contributed by atoms with Crippen molar-refractivity contribution in [2.45, 2.75) is 18.2 Å². The third-order valence-electron chi connectivity index (χ3n) is 4.75. The third kappa shape index (κ3) is 4.65. The van der Waals surface area contributed by atoms with E-state index in [0.29, 0.717) is 23.6 Å². The number of benzene rings is 2. The molecule has 0 spiro atoms. The van der Waals surface area contributed by atoms with Crippen molar-refractivity contribution in [2.75, 3.05) is 6.54 Å². The SMILES string of the molecule is CCNS(=O)c1cccc(-c2ccc(=N)n(C(=N)Cc3ccc4ncccc4c3)n2)c1. The molecule has 156 valence electrons. The fourth-order valence-corrected chi connectivity index (χ4v) is 4.14. The van der Waals surface area contributed by atoms with E-state index in [1.54, 1.807) is 24.4 Å². The van der Waals surface area contributed by atoms with Crippen LogP contribution < -0.4 is 10.2 Å². The second-order valence-corrected chi connectivity index (χ2v) is 8.26. The van der Waals surface area contributed by atoms with E-state index in [1.807, 2.05) is 55.5 Å². The summed E-state index contributed by atoms with van der Waals surface area (Å²) in [5, 5.41) is 22.3. The van der Waals surface area contributed by atoms with Crippen molar-refractivity contribution in [3.05, 3.63) is 84.0 Å². The largest absolute Gasteiger partial charge is 0.286 e. The number of hydrogen-bond acceptors (Lipinski definition) is 5. The molecule has 2 aromatic carbocycles. The van der Waals surface area contributed by atoms with Crippen molar-refractivity contribution in [3.63, 3.8) is 0 Å². The molecule has 0 amide bonds. The quantitative estimate of drug-likeness (QED) is 0.323. The normalized spacial score (nSPS) is 12.0. The van der Waals surface area contributed by atoms with Crippen LogP contribution in [0.5, 0.6) is 0 Å². The van der Waals surface area contributed by atoms with Gasteiger partial charge in [0.25, 0.3) is 0 Å². The molecule has 0 aliphatic heterocycles. The Morgan fingerprint density at radius 2 is 1.97 bits per heavy atom. The second kappa shape index (κ2) is 9.11. The van der Waals surface area contributed by atoms with Gasteiger partial charge in [0.05, 0.1) is 16.1 Å². The fourth-order valence-electron chi connectivity index (χ4n) is 3.27. The average Bonchev–Trinajstić information content (AvgIpc) is 2.79. The minimum atomic E-state index is -1.29. The molecular weight excluding hydrogens is 408 g/mol. The highest BCUT2D eigenvalue weighted by molar-refractivity contribution is 7.83. The van der Waals surface area contributed by atoms with Crippen LogP contribution in [-0.4, -0.2) is 31.4 Å². The topological polar surface area (TPSA) is 108 Å². The van der Waals surface area contributed by atoms with Crippen LogP contribution in [0.15, 0.2) is 77.8 Å². The molecule has 0 aliphatic carbocycles. The first-order chi connectivity index (χ1) is 15.0. The van der Waals surface area contributed by atoms with E-state index < -0.39 is 11.0 Å². The van der Waals surface area contributed by atoms with E-state index in [2.05, 4.69) is 14.8 Å². The molecule has 0 aliphatic rings. The summed E-state index contributed by atoms with van der Waals surface area (Å²) < 4.78 is 16.5. The highest BCUT2D eigenvalue weighted by Gasteiger charge is 2.10. The van der Waals surface area contributed by atoms with Crippen molar-refractivity contribution in [1.29, 1.82) is 10.8 Å². The Morgan fingerprint density at radius 3 is 2.81 bits per heavy atom. The molecule has 0 radical (unpaired) electrons. The maximum absolute atomic E-state index is 12.3. The fraction of sp³-hybridized carbons (Fsp3) is 0.130. The lowest BCUT2D eigenvalue weighted by Gasteiger charge is -2.11. The van der Waals surface area contributed by atoms with Crippen molar-refractivity contribution >= 4 is 27.7 Å². The second-order valence-electron chi connectivity index (χ2n) is 6.96. The average molecular weight is 431 g/mol. The molecule has 2 aromatic heterocycles. The number of pyridine rings is 1. The zero-order chi connectivity index (χ0) is 21.8. The van der Waals surface area contributed by atoms with E-state index in [9.17, 15) is 4.21 Å². The number of aromatic nitrogens is 3. The molecule has 7 nitrogen and oxygen atoms in total. The summed E-state index contributed by atoms with van der Waals surface area (Å²) in [6.45, 7) is 2.50. The molecule has 0 saturated heterocycles. The maximum atomic E-state index is 12.3. The van der Waals surface area contributed by atoms with Crippen LogP contribution in [0.25, 0.3) is 22.2 Å². The van der Waals surface area contributed by atoms with Gasteiger partial charge in [-0.3, -0.25) is 15.8 Å². The minimum absolute atomic E-state index is 0.128. The number of fused-ring (bicyclic) bond motifs is 1. The third-order valence-corrected chi connectivity index (χ3v) is 5.98. The van der Waals surface area contributed by atoms with Gasteiger partial charge in [-0.15, -0.1) is 0 Å².